The molecule has 0 fully saturated rings. The third-order valence-corrected chi connectivity index (χ3v) is 7.36. The maximum absolute atomic E-state index is 4.76. The van der Waals surface area contributed by atoms with Gasteiger partial charge in [0.05, 0.1) is 0 Å². The zero-order chi connectivity index (χ0) is 16.4. The van der Waals surface area contributed by atoms with E-state index in [1.54, 1.807) is 0 Å². The predicted octanol–water partition coefficient (Wildman–Crippen LogP) is 4.99. The molecule has 2 heteroatoms. The molecule has 0 amide bonds. The van der Waals surface area contributed by atoms with Crippen LogP contribution < -0.4 is 4.40 Å². The minimum atomic E-state index is -1.24. The van der Waals surface area contributed by atoms with Crippen LogP contribution in [0.3, 0.4) is 0 Å². The molecular formula is C21H22GeN. The van der Waals surface area contributed by atoms with E-state index >= 15 is 0 Å². The van der Waals surface area contributed by atoms with E-state index in [-0.39, 0.29) is 0 Å². The van der Waals surface area contributed by atoms with Crippen molar-refractivity contribution < 1.29 is 0 Å². The first kappa shape index (κ1) is 16.0. The van der Waals surface area contributed by atoms with Crippen LogP contribution in [0.2, 0.25) is 11.5 Å². The van der Waals surface area contributed by atoms with Gasteiger partial charge in [-0.05, 0) is 0 Å². The summed E-state index contributed by atoms with van der Waals surface area (Å²) in [6.07, 6.45) is 2.12. The van der Waals surface area contributed by atoms with Gasteiger partial charge in [-0.3, -0.25) is 0 Å². The number of pyridine rings is 1. The van der Waals surface area contributed by atoms with Crippen molar-refractivity contribution in [2.24, 2.45) is 0 Å². The summed E-state index contributed by atoms with van der Waals surface area (Å²) in [4.78, 5) is 4.76. The second-order valence-electron chi connectivity index (χ2n) is 6.25. The van der Waals surface area contributed by atoms with Crippen LogP contribution in [-0.4, -0.2) is 19.3 Å². The Bertz CT molecular complexity index is 802. The molecule has 0 unspecified atom stereocenters. The summed E-state index contributed by atoms with van der Waals surface area (Å²) in [5, 5.41) is 0. The molecule has 0 N–H and O–H groups in total. The summed E-state index contributed by atoms with van der Waals surface area (Å²) in [5.74, 6) is 4.80. The summed E-state index contributed by atoms with van der Waals surface area (Å²) < 4.78 is 1.47. The van der Waals surface area contributed by atoms with Gasteiger partial charge < -0.3 is 0 Å². The first-order valence-electron chi connectivity index (χ1n) is 8.00. The van der Waals surface area contributed by atoms with E-state index in [0.29, 0.717) is 0 Å². The van der Waals surface area contributed by atoms with E-state index in [0.717, 1.165) is 5.69 Å². The fourth-order valence-corrected chi connectivity index (χ4v) is 5.29. The van der Waals surface area contributed by atoms with Crippen LogP contribution in [0.5, 0.6) is 0 Å². The summed E-state index contributed by atoms with van der Waals surface area (Å²) >= 11 is -1.24. The molecule has 23 heavy (non-hydrogen) atoms. The Morgan fingerprint density at radius 2 is 1.48 bits per heavy atom. The van der Waals surface area contributed by atoms with Gasteiger partial charge in [-0.15, -0.1) is 0 Å². The fourth-order valence-electron chi connectivity index (χ4n) is 3.07. The predicted molar refractivity (Wildman–Crippen MR) is 102 cm³/mol. The van der Waals surface area contributed by atoms with Crippen LogP contribution >= 0.6 is 0 Å². The topological polar surface area (TPSA) is 12.9 Å². The van der Waals surface area contributed by atoms with Crippen LogP contribution in [0.1, 0.15) is 11.1 Å². The molecule has 0 aliphatic rings. The van der Waals surface area contributed by atoms with Crippen molar-refractivity contribution in [2.45, 2.75) is 25.4 Å². The molecule has 0 aliphatic heterocycles. The van der Waals surface area contributed by atoms with Crippen LogP contribution in [0.25, 0.3) is 22.4 Å². The zero-order valence-corrected chi connectivity index (χ0v) is 16.3. The third-order valence-electron chi connectivity index (χ3n) is 4.26. The molecule has 0 saturated carbocycles. The Morgan fingerprint density at radius 3 is 2.09 bits per heavy atom. The zero-order valence-electron chi connectivity index (χ0n) is 14.2. The van der Waals surface area contributed by atoms with E-state index < -0.39 is 14.3 Å². The Balaban J connectivity index is 2.25. The Morgan fingerprint density at radius 1 is 0.826 bits per heavy atom. The van der Waals surface area contributed by atoms with Crippen molar-refractivity contribution in [1.82, 2.24) is 4.98 Å². The van der Waals surface area contributed by atoms with Gasteiger partial charge >= 0.3 is 143 Å². The number of benzene rings is 2. The van der Waals surface area contributed by atoms with Crippen LogP contribution in [0.4, 0.5) is 0 Å². The molecule has 0 spiro atoms. The molecule has 115 valence electrons. The van der Waals surface area contributed by atoms with Crippen molar-refractivity contribution in [3.05, 3.63) is 71.9 Å². The number of hydrogen-bond acceptors (Lipinski definition) is 1. The summed E-state index contributed by atoms with van der Waals surface area (Å²) in [6.45, 7) is 4.42. The number of hydrogen-bond donors (Lipinski definition) is 0. The van der Waals surface area contributed by atoms with Gasteiger partial charge in [0.1, 0.15) is 0 Å². The molecule has 0 saturated heterocycles. The van der Waals surface area contributed by atoms with Crippen molar-refractivity contribution in [2.75, 3.05) is 0 Å². The maximum atomic E-state index is 4.76. The van der Waals surface area contributed by atoms with Gasteiger partial charge in [0.25, 0.3) is 0 Å². The van der Waals surface area contributed by atoms with Gasteiger partial charge in [-0.25, -0.2) is 0 Å². The normalized spacial score (nSPS) is 11.0. The van der Waals surface area contributed by atoms with E-state index in [4.69, 9.17) is 4.98 Å². The quantitative estimate of drug-likeness (QED) is 0.599. The van der Waals surface area contributed by atoms with Gasteiger partial charge in [-0.1, -0.05) is 0 Å². The molecule has 1 aromatic heterocycles. The third kappa shape index (κ3) is 3.25. The Kier molecular flexibility index (Phi) is 4.67. The van der Waals surface area contributed by atoms with Crippen molar-refractivity contribution >= 4 is 18.7 Å². The molecule has 0 atom stereocenters. The summed E-state index contributed by atoms with van der Waals surface area (Å²) in [7, 11) is 0. The number of aromatic nitrogens is 1. The fraction of sp³-hybridized carbons (Fsp3) is 0.190. The summed E-state index contributed by atoms with van der Waals surface area (Å²) in [6, 6.07) is 19.3. The van der Waals surface area contributed by atoms with E-state index in [2.05, 4.69) is 80.1 Å². The molecular weight excluding hydrogens is 339 g/mol. The van der Waals surface area contributed by atoms with Gasteiger partial charge in [0.15, 0.2) is 0 Å². The van der Waals surface area contributed by atoms with Gasteiger partial charge in [0, 0.05) is 0 Å². The number of rotatable bonds is 3. The second kappa shape index (κ2) is 6.71. The second-order valence-corrected chi connectivity index (χ2v) is 11.6. The average molecular weight is 361 g/mol. The van der Waals surface area contributed by atoms with Crippen molar-refractivity contribution in [3.8, 4) is 22.4 Å². The van der Waals surface area contributed by atoms with Crippen molar-refractivity contribution in [1.29, 1.82) is 0 Å². The van der Waals surface area contributed by atoms with Gasteiger partial charge in [0.2, 0.25) is 0 Å². The molecule has 1 nitrogen and oxygen atoms in total. The Hall–Kier alpha value is -1.87. The molecule has 1 radical (unpaired) electrons. The van der Waals surface area contributed by atoms with Gasteiger partial charge in [-0.2, -0.15) is 0 Å². The molecule has 3 rings (SSSR count). The van der Waals surface area contributed by atoms with Crippen LogP contribution in [0, 0.1) is 13.8 Å². The minimum absolute atomic E-state index is 1.06. The number of aryl methyl sites for hydroxylation is 2. The van der Waals surface area contributed by atoms with Crippen molar-refractivity contribution in [3.63, 3.8) is 0 Å². The molecule has 2 aromatic carbocycles. The van der Waals surface area contributed by atoms with E-state index in [1.165, 1.54) is 32.2 Å². The summed E-state index contributed by atoms with van der Waals surface area (Å²) in [5.41, 5.74) is 7.70. The molecule has 0 bridgehead atoms. The van der Waals surface area contributed by atoms with E-state index in [1.807, 2.05) is 6.07 Å². The number of nitrogens with zero attached hydrogens (tertiary/aromatic N) is 1. The van der Waals surface area contributed by atoms with Crippen LogP contribution in [-0.2, 0) is 0 Å². The van der Waals surface area contributed by atoms with Crippen LogP contribution in [0.15, 0.2) is 60.8 Å². The Labute approximate surface area is 143 Å². The molecule has 0 aliphatic carbocycles. The monoisotopic (exact) mass is 362 g/mol. The standard InChI is InChI=1S/C21H22GeN/c1-15-9-8-10-16(2)21(15)18-13-20(17-11-6-5-7-12-17)23-14-19(18)22(3)4/h5-14H,1-4H3. The first-order chi connectivity index (χ1) is 11.1. The van der Waals surface area contributed by atoms with E-state index in [9.17, 15) is 0 Å². The first-order valence-corrected chi connectivity index (χ1v) is 13.2. The average Bonchev–Trinajstić information content (AvgIpc) is 2.55. The SMILES string of the molecule is Cc1cccc(C)c1-c1cc(-c2ccccc2)nc[c]1[Ge]([CH3])[CH3]. The molecule has 1 heterocycles. The molecule has 3 aromatic rings.